The number of nitrogens with two attached hydrogens (primary N) is 1. The van der Waals surface area contributed by atoms with Gasteiger partial charge in [0.1, 0.15) is 0 Å². The lowest BCUT2D eigenvalue weighted by Gasteiger charge is -2.18. The molecule has 0 rings (SSSR count). The average molecular weight is 384 g/mol. The molecule has 0 aliphatic carbocycles. The smallest absolute Gasteiger partial charge is 0.0691 e. The van der Waals surface area contributed by atoms with Gasteiger partial charge in [-0.05, 0) is 12.8 Å². The molecule has 0 saturated carbocycles. The van der Waals surface area contributed by atoms with Gasteiger partial charge in [-0.25, -0.2) is 0 Å². The normalized spacial score (nSPS) is 13.8. The minimum Gasteiger partial charge on any atom is -0.392 e. The highest BCUT2D eigenvalue weighted by atomic mass is 16.3. The molecule has 3 N–H and O–H groups in total. The Kier molecular flexibility index (Phi) is 22.1. The zero-order valence-electron chi connectivity index (χ0n) is 19.0. The maximum Gasteiger partial charge on any atom is 0.0691 e. The van der Waals surface area contributed by atoms with E-state index in [0.717, 1.165) is 19.3 Å². The second kappa shape index (κ2) is 22.2. The van der Waals surface area contributed by atoms with Crippen LogP contribution >= 0.6 is 0 Å². The van der Waals surface area contributed by atoms with Gasteiger partial charge in [0.15, 0.2) is 0 Å². The van der Waals surface area contributed by atoms with Crippen LogP contribution in [0.4, 0.5) is 0 Å². The largest absolute Gasteiger partial charge is 0.392 e. The maximum absolute atomic E-state index is 10.2. The van der Waals surface area contributed by atoms with Crippen molar-refractivity contribution in [3.8, 4) is 0 Å². The van der Waals surface area contributed by atoms with E-state index in [1.165, 1.54) is 116 Å². The Balaban J connectivity index is 3.31. The van der Waals surface area contributed by atoms with Crippen molar-refractivity contribution in [1.82, 2.24) is 0 Å². The molecule has 0 aromatic rings. The van der Waals surface area contributed by atoms with Gasteiger partial charge in [-0.1, -0.05) is 136 Å². The van der Waals surface area contributed by atoms with Crippen molar-refractivity contribution in [1.29, 1.82) is 0 Å². The molecule has 0 fully saturated rings. The minimum atomic E-state index is -0.284. The van der Waals surface area contributed by atoms with Crippen molar-refractivity contribution in [2.75, 3.05) is 0 Å². The molecular weight excluding hydrogens is 330 g/mol. The lowest BCUT2D eigenvalue weighted by atomic mass is 9.98. The fraction of sp³-hybridized carbons (Fsp3) is 1.00. The van der Waals surface area contributed by atoms with Gasteiger partial charge in [-0.2, -0.15) is 0 Å². The molecule has 2 atom stereocenters. The average Bonchev–Trinajstić information content (AvgIpc) is 2.67. The lowest BCUT2D eigenvalue weighted by Crippen LogP contribution is -2.34. The van der Waals surface area contributed by atoms with E-state index in [0.29, 0.717) is 0 Å². The summed E-state index contributed by atoms with van der Waals surface area (Å²) in [5, 5.41) is 10.2. The van der Waals surface area contributed by atoms with Crippen molar-refractivity contribution < 1.29 is 5.11 Å². The van der Waals surface area contributed by atoms with Gasteiger partial charge in [0.25, 0.3) is 0 Å². The van der Waals surface area contributed by atoms with Crippen LogP contribution in [0.2, 0.25) is 0 Å². The number of aliphatic hydroxyl groups is 1. The molecule has 0 spiro atoms. The molecule has 0 radical (unpaired) electrons. The van der Waals surface area contributed by atoms with Crippen LogP contribution in [-0.2, 0) is 0 Å². The van der Waals surface area contributed by atoms with Gasteiger partial charge in [-0.3, -0.25) is 0 Å². The number of aliphatic hydroxyl groups excluding tert-OH is 1. The van der Waals surface area contributed by atoms with E-state index in [9.17, 15) is 5.11 Å². The molecule has 2 nitrogen and oxygen atoms in total. The SMILES string of the molecule is CCCCCCCCCCCCC(N)C(O)CCCCCCCCCCC. The second-order valence-corrected chi connectivity index (χ2v) is 8.82. The van der Waals surface area contributed by atoms with Crippen LogP contribution in [0.15, 0.2) is 0 Å². The Bertz CT molecular complexity index is 269. The summed E-state index contributed by atoms with van der Waals surface area (Å²) >= 11 is 0. The Morgan fingerprint density at radius 2 is 0.778 bits per heavy atom. The predicted octanol–water partition coefficient (Wildman–Crippen LogP) is 7.91. The fourth-order valence-corrected chi connectivity index (χ4v) is 3.94. The highest BCUT2D eigenvalue weighted by molar-refractivity contribution is 4.71. The molecule has 0 amide bonds. The fourth-order valence-electron chi connectivity index (χ4n) is 3.94. The summed E-state index contributed by atoms with van der Waals surface area (Å²) < 4.78 is 0. The lowest BCUT2D eigenvalue weighted by molar-refractivity contribution is 0.126. The van der Waals surface area contributed by atoms with Gasteiger partial charge in [0.05, 0.1) is 6.10 Å². The van der Waals surface area contributed by atoms with Crippen LogP contribution in [0, 0.1) is 0 Å². The monoisotopic (exact) mass is 383 g/mol. The molecule has 0 aliphatic heterocycles. The van der Waals surface area contributed by atoms with E-state index < -0.39 is 0 Å². The first kappa shape index (κ1) is 26.9. The van der Waals surface area contributed by atoms with E-state index in [2.05, 4.69) is 13.8 Å². The molecule has 0 saturated heterocycles. The molecule has 2 heteroatoms. The third kappa shape index (κ3) is 20.5. The summed E-state index contributed by atoms with van der Waals surface area (Å²) in [5.41, 5.74) is 6.19. The van der Waals surface area contributed by atoms with Gasteiger partial charge < -0.3 is 10.8 Å². The molecular formula is C25H53NO. The highest BCUT2D eigenvalue weighted by Crippen LogP contribution is 2.15. The summed E-state index contributed by atoms with van der Waals surface area (Å²) in [6.45, 7) is 4.55. The zero-order chi connectivity index (χ0) is 20.0. The molecule has 164 valence electrons. The summed E-state index contributed by atoms with van der Waals surface area (Å²) in [6.07, 6.45) is 27.2. The third-order valence-electron chi connectivity index (χ3n) is 5.99. The number of rotatable bonds is 22. The summed E-state index contributed by atoms with van der Waals surface area (Å²) in [7, 11) is 0. The first-order valence-corrected chi connectivity index (χ1v) is 12.7. The number of hydrogen-bond acceptors (Lipinski definition) is 2. The summed E-state index contributed by atoms with van der Waals surface area (Å²) in [4.78, 5) is 0. The second-order valence-electron chi connectivity index (χ2n) is 8.82. The van der Waals surface area contributed by atoms with Crippen molar-refractivity contribution in [3.63, 3.8) is 0 Å². The van der Waals surface area contributed by atoms with Gasteiger partial charge in [-0.15, -0.1) is 0 Å². The zero-order valence-corrected chi connectivity index (χ0v) is 19.0. The van der Waals surface area contributed by atoms with Crippen LogP contribution in [-0.4, -0.2) is 17.3 Å². The molecule has 0 aromatic heterocycles. The topological polar surface area (TPSA) is 46.2 Å². The predicted molar refractivity (Wildman–Crippen MR) is 122 cm³/mol. The van der Waals surface area contributed by atoms with Crippen LogP contribution in [0.3, 0.4) is 0 Å². The van der Waals surface area contributed by atoms with Crippen molar-refractivity contribution in [3.05, 3.63) is 0 Å². The molecule has 0 heterocycles. The standard InChI is InChI=1S/C25H53NO/c1-3-5-7-9-11-13-15-16-18-20-22-24(26)25(27)23-21-19-17-14-12-10-8-6-4-2/h24-25,27H,3-23,26H2,1-2H3. The van der Waals surface area contributed by atoms with Crippen molar-refractivity contribution in [2.45, 2.75) is 161 Å². The molecule has 0 aliphatic rings. The van der Waals surface area contributed by atoms with Crippen LogP contribution < -0.4 is 5.73 Å². The molecule has 2 unspecified atom stereocenters. The first-order chi connectivity index (χ1) is 13.2. The maximum atomic E-state index is 10.2. The molecule has 0 bridgehead atoms. The van der Waals surface area contributed by atoms with Gasteiger partial charge in [0, 0.05) is 6.04 Å². The highest BCUT2D eigenvalue weighted by Gasteiger charge is 2.13. The van der Waals surface area contributed by atoms with Crippen LogP contribution in [0.25, 0.3) is 0 Å². The summed E-state index contributed by atoms with van der Waals surface area (Å²) in [5.74, 6) is 0. The van der Waals surface area contributed by atoms with E-state index in [-0.39, 0.29) is 12.1 Å². The van der Waals surface area contributed by atoms with Crippen LogP contribution in [0.1, 0.15) is 149 Å². The quantitative estimate of drug-likeness (QED) is 0.187. The Labute approximate surface area is 172 Å². The third-order valence-corrected chi connectivity index (χ3v) is 5.99. The van der Waals surface area contributed by atoms with Crippen molar-refractivity contribution in [2.24, 2.45) is 5.73 Å². The van der Waals surface area contributed by atoms with Crippen LogP contribution in [0.5, 0.6) is 0 Å². The minimum absolute atomic E-state index is 0.00640. The Morgan fingerprint density at radius 3 is 1.15 bits per heavy atom. The van der Waals surface area contributed by atoms with E-state index in [1.807, 2.05) is 0 Å². The van der Waals surface area contributed by atoms with E-state index >= 15 is 0 Å². The Hall–Kier alpha value is -0.0800. The van der Waals surface area contributed by atoms with Gasteiger partial charge in [0.2, 0.25) is 0 Å². The van der Waals surface area contributed by atoms with Gasteiger partial charge >= 0.3 is 0 Å². The van der Waals surface area contributed by atoms with E-state index in [4.69, 9.17) is 5.73 Å². The molecule has 27 heavy (non-hydrogen) atoms. The number of hydrogen-bond donors (Lipinski definition) is 2. The summed E-state index contributed by atoms with van der Waals surface area (Å²) in [6, 6.07) is -0.00640. The van der Waals surface area contributed by atoms with E-state index in [1.54, 1.807) is 0 Å². The molecule has 0 aromatic carbocycles. The van der Waals surface area contributed by atoms with Crippen molar-refractivity contribution >= 4 is 0 Å². The first-order valence-electron chi connectivity index (χ1n) is 12.7. The Morgan fingerprint density at radius 1 is 0.481 bits per heavy atom. The number of unbranched alkanes of at least 4 members (excludes halogenated alkanes) is 17.